The zero-order valence-corrected chi connectivity index (χ0v) is 10.6. The van der Waals surface area contributed by atoms with Crippen molar-refractivity contribution < 1.29 is 4.79 Å². The molecule has 2 aromatic heterocycles. The second kappa shape index (κ2) is 4.73. The minimum absolute atomic E-state index is 0.173. The fourth-order valence-corrected chi connectivity index (χ4v) is 1.63. The van der Waals surface area contributed by atoms with Crippen molar-refractivity contribution in [3.63, 3.8) is 0 Å². The molecule has 1 unspecified atom stereocenters. The lowest BCUT2D eigenvalue weighted by molar-refractivity contribution is 0.0908. The van der Waals surface area contributed by atoms with Crippen LogP contribution in [0.5, 0.6) is 0 Å². The molecule has 0 aliphatic carbocycles. The number of carbonyl (C=O) groups is 1. The van der Waals surface area contributed by atoms with Gasteiger partial charge in [0.05, 0.1) is 23.5 Å². The highest BCUT2D eigenvalue weighted by Crippen LogP contribution is 2.12. The molecule has 18 heavy (non-hydrogen) atoms. The third-order valence-corrected chi connectivity index (χ3v) is 3.22. The molecule has 1 atom stereocenters. The lowest BCUT2D eigenvalue weighted by Gasteiger charge is -2.27. The second-order valence-electron chi connectivity index (χ2n) is 4.54. The lowest BCUT2D eigenvalue weighted by atomic mass is 9.99. The molecule has 0 spiro atoms. The summed E-state index contributed by atoms with van der Waals surface area (Å²) < 4.78 is 1.62. The highest BCUT2D eigenvalue weighted by molar-refractivity contribution is 6.00. The molecule has 6 heteroatoms. The normalized spacial score (nSPS) is 14.4. The molecular weight excluding hydrogens is 230 g/mol. The second-order valence-corrected chi connectivity index (χ2v) is 4.54. The average Bonchev–Trinajstić information content (AvgIpc) is 2.82. The number of nitrogens with two attached hydrogens (primary N) is 1. The number of rotatable bonds is 4. The third kappa shape index (κ3) is 2.19. The lowest BCUT2D eigenvalue weighted by Crippen LogP contribution is -2.50. The molecule has 2 heterocycles. The van der Waals surface area contributed by atoms with Gasteiger partial charge in [-0.15, -0.1) is 0 Å². The van der Waals surface area contributed by atoms with Gasteiger partial charge < -0.3 is 11.1 Å². The van der Waals surface area contributed by atoms with E-state index in [1.165, 1.54) is 0 Å². The van der Waals surface area contributed by atoms with Crippen molar-refractivity contribution in [3.05, 3.63) is 30.4 Å². The summed E-state index contributed by atoms with van der Waals surface area (Å²) in [4.78, 5) is 16.2. The molecule has 96 valence electrons. The number of fused-ring (bicyclic) bond motifs is 1. The van der Waals surface area contributed by atoms with Gasteiger partial charge in [0, 0.05) is 24.5 Å². The van der Waals surface area contributed by atoms with Gasteiger partial charge in [-0.1, -0.05) is 6.92 Å². The molecule has 0 aliphatic heterocycles. The molecule has 0 aliphatic rings. The van der Waals surface area contributed by atoms with E-state index in [0.29, 0.717) is 17.6 Å². The Morgan fingerprint density at radius 3 is 3.00 bits per heavy atom. The maximum Gasteiger partial charge on any atom is 0.255 e. The van der Waals surface area contributed by atoms with Gasteiger partial charge >= 0.3 is 0 Å². The van der Waals surface area contributed by atoms with Crippen molar-refractivity contribution in [1.82, 2.24) is 19.9 Å². The molecule has 2 aromatic rings. The number of hydrogen-bond donors (Lipinski definition) is 2. The minimum atomic E-state index is -0.395. The van der Waals surface area contributed by atoms with Gasteiger partial charge in [-0.05, 0) is 13.3 Å². The Kier molecular flexibility index (Phi) is 3.29. The first-order valence-electron chi connectivity index (χ1n) is 5.89. The van der Waals surface area contributed by atoms with Crippen molar-refractivity contribution >= 4 is 11.4 Å². The van der Waals surface area contributed by atoms with Gasteiger partial charge in [-0.2, -0.15) is 5.10 Å². The van der Waals surface area contributed by atoms with E-state index in [-0.39, 0.29) is 5.91 Å². The van der Waals surface area contributed by atoms with Crippen LogP contribution in [0.1, 0.15) is 30.6 Å². The van der Waals surface area contributed by atoms with E-state index in [1.807, 2.05) is 13.8 Å². The fraction of sp³-hybridized carbons (Fsp3) is 0.417. The van der Waals surface area contributed by atoms with Crippen LogP contribution in [0.3, 0.4) is 0 Å². The van der Waals surface area contributed by atoms with Crippen molar-refractivity contribution in [2.24, 2.45) is 5.73 Å². The minimum Gasteiger partial charge on any atom is -0.346 e. The molecule has 1 amide bonds. The number of aromatic nitrogens is 3. The number of carbonyl (C=O) groups excluding carboxylic acids is 1. The molecule has 3 N–H and O–H groups in total. The summed E-state index contributed by atoms with van der Waals surface area (Å²) in [6.07, 6.45) is 7.26. The van der Waals surface area contributed by atoms with Gasteiger partial charge in [-0.3, -0.25) is 9.78 Å². The summed E-state index contributed by atoms with van der Waals surface area (Å²) in [5, 5.41) is 7.05. The van der Waals surface area contributed by atoms with Gasteiger partial charge in [0.25, 0.3) is 5.91 Å². The van der Waals surface area contributed by atoms with Gasteiger partial charge in [0.2, 0.25) is 0 Å². The summed E-state index contributed by atoms with van der Waals surface area (Å²) in [5.41, 5.74) is 6.48. The maximum atomic E-state index is 12.2. The molecule has 0 aromatic carbocycles. The van der Waals surface area contributed by atoms with Crippen LogP contribution in [-0.4, -0.2) is 32.6 Å². The molecule has 0 fully saturated rings. The Morgan fingerprint density at radius 2 is 2.33 bits per heavy atom. The van der Waals surface area contributed by atoms with E-state index in [2.05, 4.69) is 15.4 Å². The van der Waals surface area contributed by atoms with Crippen molar-refractivity contribution in [1.29, 1.82) is 0 Å². The quantitative estimate of drug-likeness (QED) is 0.828. The maximum absolute atomic E-state index is 12.2. The van der Waals surface area contributed by atoms with Crippen LogP contribution in [0.2, 0.25) is 0 Å². The van der Waals surface area contributed by atoms with Crippen molar-refractivity contribution in [2.75, 3.05) is 6.54 Å². The summed E-state index contributed by atoms with van der Waals surface area (Å²) in [6, 6.07) is 0. The van der Waals surface area contributed by atoms with Crippen LogP contribution in [0.25, 0.3) is 5.52 Å². The van der Waals surface area contributed by atoms with E-state index >= 15 is 0 Å². The average molecular weight is 247 g/mol. The molecule has 0 saturated carbocycles. The zero-order chi connectivity index (χ0) is 13.2. The Balaban J connectivity index is 2.29. The van der Waals surface area contributed by atoms with Crippen LogP contribution >= 0.6 is 0 Å². The fourth-order valence-electron chi connectivity index (χ4n) is 1.63. The molecule has 2 rings (SSSR count). The van der Waals surface area contributed by atoms with Gasteiger partial charge in [-0.25, -0.2) is 4.52 Å². The van der Waals surface area contributed by atoms with E-state index in [9.17, 15) is 4.79 Å². The van der Waals surface area contributed by atoms with E-state index in [4.69, 9.17) is 5.73 Å². The highest BCUT2D eigenvalue weighted by atomic mass is 16.1. The first-order chi connectivity index (χ1) is 8.59. The number of nitrogens with zero attached hydrogens (tertiary/aromatic N) is 3. The predicted octanol–water partition coefficient (Wildman–Crippen LogP) is 0.587. The number of nitrogens with one attached hydrogen (secondary N) is 1. The molecule has 0 radical (unpaired) electrons. The van der Waals surface area contributed by atoms with Crippen LogP contribution in [0, 0.1) is 0 Å². The Labute approximate surface area is 105 Å². The summed E-state index contributed by atoms with van der Waals surface area (Å²) in [5.74, 6) is -0.173. The highest BCUT2D eigenvalue weighted by Gasteiger charge is 2.24. The Morgan fingerprint density at radius 1 is 1.56 bits per heavy atom. The van der Waals surface area contributed by atoms with E-state index < -0.39 is 5.54 Å². The molecule has 6 nitrogen and oxygen atoms in total. The molecule has 0 saturated heterocycles. The van der Waals surface area contributed by atoms with Crippen molar-refractivity contribution in [3.8, 4) is 0 Å². The summed E-state index contributed by atoms with van der Waals surface area (Å²) in [7, 11) is 0. The smallest absolute Gasteiger partial charge is 0.255 e. The third-order valence-electron chi connectivity index (χ3n) is 3.22. The van der Waals surface area contributed by atoms with Crippen LogP contribution in [0.4, 0.5) is 0 Å². The van der Waals surface area contributed by atoms with E-state index in [0.717, 1.165) is 6.42 Å². The number of hydrogen-bond acceptors (Lipinski definition) is 4. The topological polar surface area (TPSA) is 85.3 Å². The SMILES string of the molecule is CCC(C)(CN)NC(=O)c1cnn2ccncc12. The van der Waals surface area contributed by atoms with Crippen molar-refractivity contribution in [2.45, 2.75) is 25.8 Å². The van der Waals surface area contributed by atoms with Gasteiger partial charge in [0.15, 0.2) is 0 Å². The number of amides is 1. The standard InChI is InChI=1S/C12H17N5O/c1-3-12(2,8-13)16-11(18)9-6-15-17-5-4-14-7-10(9)17/h4-7H,3,8,13H2,1-2H3,(H,16,18). The Hall–Kier alpha value is -1.95. The van der Waals surface area contributed by atoms with Crippen LogP contribution in [0.15, 0.2) is 24.8 Å². The predicted molar refractivity (Wildman–Crippen MR) is 68.2 cm³/mol. The monoisotopic (exact) mass is 247 g/mol. The Bertz CT molecular complexity index is 558. The first kappa shape index (κ1) is 12.5. The zero-order valence-electron chi connectivity index (χ0n) is 10.6. The molecular formula is C12H17N5O. The van der Waals surface area contributed by atoms with E-state index in [1.54, 1.807) is 29.3 Å². The largest absolute Gasteiger partial charge is 0.346 e. The van der Waals surface area contributed by atoms with Crippen LogP contribution < -0.4 is 11.1 Å². The molecule has 0 bridgehead atoms. The first-order valence-corrected chi connectivity index (χ1v) is 5.89. The summed E-state index contributed by atoms with van der Waals surface area (Å²) in [6.45, 7) is 4.31. The van der Waals surface area contributed by atoms with Crippen LogP contribution in [-0.2, 0) is 0 Å². The van der Waals surface area contributed by atoms with Gasteiger partial charge in [0.1, 0.15) is 0 Å². The summed E-state index contributed by atoms with van der Waals surface area (Å²) >= 11 is 0.